The van der Waals surface area contributed by atoms with Crippen molar-refractivity contribution in [3.05, 3.63) is 12.2 Å². The second-order valence-corrected chi connectivity index (χ2v) is 6.29. The van der Waals surface area contributed by atoms with Gasteiger partial charge in [-0.3, -0.25) is 4.79 Å². The molecule has 1 aliphatic rings. The molecular weight excluding hydrogens is 286 g/mol. The summed E-state index contributed by atoms with van der Waals surface area (Å²) in [4.78, 5) is 23.7. The van der Waals surface area contributed by atoms with Crippen LogP contribution >= 0.6 is 0 Å². The van der Waals surface area contributed by atoms with E-state index < -0.39 is 23.9 Å². The molecule has 1 heterocycles. The molecule has 1 N–H and O–H groups in total. The molecule has 0 unspecified atom stereocenters. The van der Waals surface area contributed by atoms with Crippen LogP contribution in [0, 0.1) is 5.92 Å². The van der Waals surface area contributed by atoms with E-state index in [-0.39, 0.29) is 12.5 Å². The van der Waals surface area contributed by atoms with Gasteiger partial charge in [-0.05, 0) is 33.1 Å². The predicted octanol–water partition coefficient (Wildman–Crippen LogP) is 1.79. The van der Waals surface area contributed by atoms with Crippen molar-refractivity contribution in [2.45, 2.75) is 59.0 Å². The number of hydrogen-bond donors (Lipinski definition) is 1. The molecule has 0 radical (unpaired) electrons. The maximum absolute atomic E-state index is 12.2. The van der Waals surface area contributed by atoms with Crippen LogP contribution in [0.15, 0.2) is 12.2 Å². The highest BCUT2D eigenvalue weighted by Gasteiger charge is 2.52. The monoisotopic (exact) mass is 313 g/mol. The van der Waals surface area contributed by atoms with E-state index in [4.69, 9.17) is 14.2 Å². The lowest BCUT2D eigenvalue weighted by atomic mass is 10.0. The van der Waals surface area contributed by atoms with Crippen molar-refractivity contribution >= 4 is 11.9 Å². The summed E-state index contributed by atoms with van der Waals surface area (Å²) in [6.07, 6.45) is -0.952. The van der Waals surface area contributed by atoms with E-state index in [9.17, 15) is 9.59 Å². The molecule has 0 spiro atoms. The zero-order chi connectivity index (χ0) is 16.9. The Kier molecular flexibility index (Phi) is 6.56. The van der Waals surface area contributed by atoms with Crippen molar-refractivity contribution in [2.24, 2.45) is 5.92 Å². The first-order valence-electron chi connectivity index (χ1n) is 7.61. The molecule has 1 saturated heterocycles. The number of rotatable bonds is 9. The molecule has 1 aliphatic heterocycles. The average molecular weight is 313 g/mol. The van der Waals surface area contributed by atoms with Gasteiger partial charge in [-0.15, -0.1) is 0 Å². The highest BCUT2D eigenvalue weighted by atomic mass is 16.6. The van der Waals surface area contributed by atoms with E-state index in [1.165, 1.54) is 0 Å². The third kappa shape index (κ3) is 5.77. The van der Waals surface area contributed by atoms with Gasteiger partial charge in [0.25, 0.3) is 5.91 Å². The lowest BCUT2D eigenvalue weighted by molar-refractivity contribution is -0.145. The third-order valence-electron chi connectivity index (χ3n) is 3.09. The Labute approximate surface area is 132 Å². The summed E-state index contributed by atoms with van der Waals surface area (Å²) in [5.74, 6) is -0.532. The molecule has 22 heavy (non-hydrogen) atoms. The lowest BCUT2D eigenvalue weighted by Gasteiger charge is -2.32. The standard InChI is InChI=1S/C16H27NO5/c1-7-20-15(19)13-12(22-13)14(18)17-16(6,8-10(2)3)21-9-11(4)5/h10,12-13H,4,7-9H2,1-3,5-6H3,(H,17,18)/t12-,13-,16-/m0/s1. The zero-order valence-corrected chi connectivity index (χ0v) is 14.1. The summed E-state index contributed by atoms with van der Waals surface area (Å²) in [6, 6.07) is 0. The molecule has 3 atom stereocenters. The van der Waals surface area contributed by atoms with E-state index in [0.29, 0.717) is 18.9 Å². The van der Waals surface area contributed by atoms with Crippen LogP contribution in [0.5, 0.6) is 0 Å². The number of amides is 1. The molecule has 6 heteroatoms. The molecule has 6 nitrogen and oxygen atoms in total. The number of esters is 1. The second-order valence-electron chi connectivity index (χ2n) is 6.29. The summed E-state index contributed by atoms with van der Waals surface area (Å²) in [7, 11) is 0. The molecule has 0 saturated carbocycles. The van der Waals surface area contributed by atoms with Crippen molar-refractivity contribution in [3.63, 3.8) is 0 Å². The van der Waals surface area contributed by atoms with E-state index in [1.54, 1.807) is 6.92 Å². The van der Waals surface area contributed by atoms with Crippen LogP contribution in [0.2, 0.25) is 0 Å². The fourth-order valence-corrected chi connectivity index (χ4v) is 2.25. The van der Waals surface area contributed by atoms with Crippen LogP contribution in [0.4, 0.5) is 0 Å². The maximum atomic E-state index is 12.2. The van der Waals surface area contributed by atoms with Crippen molar-refractivity contribution in [3.8, 4) is 0 Å². The van der Waals surface area contributed by atoms with Crippen LogP contribution in [-0.4, -0.2) is 43.0 Å². The van der Waals surface area contributed by atoms with Crippen molar-refractivity contribution in [1.82, 2.24) is 5.32 Å². The minimum Gasteiger partial charge on any atom is -0.464 e. The van der Waals surface area contributed by atoms with Gasteiger partial charge in [0.2, 0.25) is 0 Å². The number of epoxide rings is 1. The van der Waals surface area contributed by atoms with Crippen molar-refractivity contribution < 1.29 is 23.8 Å². The average Bonchev–Trinajstić information content (AvgIpc) is 3.16. The van der Waals surface area contributed by atoms with Crippen LogP contribution in [0.3, 0.4) is 0 Å². The first-order valence-corrected chi connectivity index (χ1v) is 7.61. The Balaban J connectivity index is 2.60. The minimum atomic E-state index is -0.824. The van der Waals surface area contributed by atoms with Crippen LogP contribution in [-0.2, 0) is 23.8 Å². The van der Waals surface area contributed by atoms with Gasteiger partial charge < -0.3 is 19.5 Å². The number of ether oxygens (including phenoxy) is 3. The topological polar surface area (TPSA) is 77.2 Å². The Bertz CT molecular complexity index is 434. The molecule has 1 fully saturated rings. The van der Waals surface area contributed by atoms with E-state index >= 15 is 0 Å². The van der Waals surface area contributed by atoms with Crippen LogP contribution in [0.25, 0.3) is 0 Å². The zero-order valence-electron chi connectivity index (χ0n) is 14.1. The fraction of sp³-hybridized carbons (Fsp3) is 0.750. The Hall–Kier alpha value is -1.40. The Morgan fingerprint density at radius 3 is 2.50 bits per heavy atom. The van der Waals surface area contributed by atoms with Crippen molar-refractivity contribution in [1.29, 1.82) is 0 Å². The van der Waals surface area contributed by atoms with E-state index in [2.05, 4.69) is 11.9 Å². The Morgan fingerprint density at radius 1 is 1.36 bits per heavy atom. The molecule has 0 aromatic rings. The molecule has 0 aromatic carbocycles. The second kappa shape index (κ2) is 7.74. The number of hydrogen-bond acceptors (Lipinski definition) is 5. The lowest BCUT2D eigenvalue weighted by Crippen LogP contribution is -2.51. The van der Waals surface area contributed by atoms with Crippen LogP contribution in [0.1, 0.15) is 41.0 Å². The van der Waals surface area contributed by atoms with Gasteiger partial charge in [-0.2, -0.15) is 0 Å². The third-order valence-corrected chi connectivity index (χ3v) is 3.09. The molecule has 1 amide bonds. The molecule has 0 aromatic heterocycles. The minimum absolute atomic E-state index is 0.264. The summed E-state index contributed by atoms with van der Waals surface area (Å²) in [5.41, 5.74) is 0.0475. The van der Waals surface area contributed by atoms with Gasteiger partial charge in [0.05, 0.1) is 13.2 Å². The highest BCUT2D eigenvalue weighted by molar-refractivity contribution is 5.93. The van der Waals surface area contributed by atoms with Gasteiger partial charge in [-0.1, -0.05) is 26.0 Å². The van der Waals surface area contributed by atoms with Gasteiger partial charge in [-0.25, -0.2) is 4.79 Å². The van der Waals surface area contributed by atoms with Crippen LogP contribution < -0.4 is 5.32 Å². The van der Waals surface area contributed by atoms with E-state index in [0.717, 1.165) is 5.57 Å². The smallest absolute Gasteiger partial charge is 0.338 e. The van der Waals surface area contributed by atoms with Crippen molar-refractivity contribution in [2.75, 3.05) is 13.2 Å². The summed E-state index contributed by atoms with van der Waals surface area (Å²) >= 11 is 0. The van der Waals surface area contributed by atoms with E-state index in [1.807, 2.05) is 27.7 Å². The largest absolute Gasteiger partial charge is 0.464 e. The molecule has 0 bridgehead atoms. The predicted molar refractivity (Wildman–Crippen MR) is 82.1 cm³/mol. The number of carbonyl (C=O) groups is 2. The SMILES string of the molecule is C=C(C)CO[C@@](C)(CC(C)C)NC(=O)[C@H]1O[C@@H]1C(=O)OCC. The molecular formula is C16H27NO5. The highest BCUT2D eigenvalue weighted by Crippen LogP contribution is 2.26. The van der Waals surface area contributed by atoms with Gasteiger partial charge in [0.1, 0.15) is 5.72 Å². The normalized spacial score (nSPS) is 22.8. The van der Waals surface area contributed by atoms with Gasteiger partial charge >= 0.3 is 5.97 Å². The maximum Gasteiger partial charge on any atom is 0.338 e. The summed E-state index contributed by atoms with van der Waals surface area (Å²) < 4.78 is 15.7. The number of nitrogens with one attached hydrogen (secondary N) is 1. The quantitative estimate of drug-likeness (QED) is 0.304. The first-order chi connectivity index (χ1) is 10.2. The van der Waals surface area contributed by atoms with Gasteiger partial charge in [0.15, 0.2) is 12.2 Å². The number of carbonyl (C=O) groups excluding carboxylic acids is 2. The summed E-state index contributed by atoms with van der Waals surface area (Å²) in [5, 5.41) is 2.83. The Morgan fingerprint density at radius 2 is 2.00 bits per heavy atom. The summed E-state index contributed by atoms with van der Waals surface area (Å²) in [6.45, 7) is 13.9. The fourth-order valence-electron chi connectivity index (χ4n) is 2.25. The molecule has 1 rings (SSSR count). The molecule has 0 aliphatic carbocycles. The van der Waals surface area contributed by atoms with Gasteiger partial charge in [0, 0.05) is 0 Å². The first kappa shape index (κ1) is 18.6. The molecule has 126 valence electrons.